The van der Waals surface area contributed by atoms with Crippen LogP contribution in [-0.2, 0) is 26.1 Å². The van der Waals surface area contributed by atoms with Crippen LogP contribution in [0.4, 0.5) is 0 Å². The number of carbonyl (C=O) groups excluding carboxylic acids is 2. The number of ether oxygens (including phenoxy) is 1. The number of amides is 1. The highest BCUT2D eigenvalue weighted by molar-refractivity contribution is 7.89. The number of rotatable bonds is 7. The molecule has 0 unspecified atom stereocenters. The number of halogens is 3. The van der Waals surface area contributed by atoms with Crippen LogP contribution in [0.5, 0.6) is 0 Å². The summed E-state index contributed by atoms with van der Waals surface area (Å²) in [5.74, 6) is -1.38. The van der Waals surface area contributed by atoms with Crippen LogP contribution in [0.15, 0.2) is 41.3 Å². The molecule has 0 aliphatic carbocycles. The molecule has 7 nitrogen and oxygen atoms in total. The van der Waals surface area contributed by atoms with Crippen molar-refractivity contribution in [3.8, 4) is 0 Å². The number of hydrogen-bond donors (Lipinski definition) is 1. The van der Waals surface area contributed by atoms with Gasteiger partial charge in [0.1, 0.15) is 4.90 Å². The molecule has 1 saturated heterocycles. The first-order valence-electron chi connectivity index (χ1n) is 10.4. The normalized spacial score (nSPS) is 15.0. The Morgan fingerprint density at radius 3 is 2.30 bits per heavy atom. The number of hydrogen-bond acceptors (Lipinski definition) is 5. The fraction of sp³-hybridized carbons (Fsp3) is 0.364. The molecule has 0 bridgehead atoms. The van der Waals surface area contributed by atoms with E-state index in [4.69, 9.17) is 39.5 Å². The van der Waals surface area contributed by atoms with E-state index in [-0.39, 0.29) is 22.0 Å². The Balaban J connectivity index is 1.62. The minimum absolute atomic E-state index is 0.0126. The molecule has 0 saturated carbocycles. The average molecular weight is 534 g/mol. The predicted octanol–water partition coefficient (Wildman–Crippen LogP) is 4.68. The number of sulfonamides is 1. The van der Waals surface area contributed by atoms with Crippen LogP contribution >= 0.6 is 34.8 Å². The lowest BCUT2D eigenvalue weighted by atomic mass is 10.2. The number of nitrogens with one attached hydrogen (secondary N) is 1. The highest BCUT2D eigenvalue weighted by Gasteiger charge is 2.28. The summed E-state index contributed by atoms with van der Waals surface area (Å²) in [6, 6.07) is 8.77. The van der Waals surface area contributed by atoms with Gasteiger partial charge in [0.05, 0.1) is 10.6 Å². The van der Waals surface area contributed by atoms with Crippen LogP contribution in [-0.4, -0.2) is 44.3 Å². The van der Waals surface area contributed by atoms with E-state index in [2.05, 4.69) is 5.32 Å². The number of esters is 1. The lowest BCUT2D eigenvalue weighted by Gasteiger charge is -2.21. The third-order valence-electron chi connectivity index (χ3n) is 5.18. The van der Waals surface area contributed by atoms with Crippen LogP contribution in [0.1, 0.15) is 41.6 Å². The molecule has 33 heavy (non-hydrogen) atoms. The molecule has 2 aromatic carbocycles. The molecule has 0 spiro atoms. The van der Waals surface area contributed by atoms with Crippen LogP contribution in [0.2, 0.25) is 15.1 Å². The Morgan fingerprint density at radius 1 is 0.939 bits per heavy atom. The van der Waals surface area contributed by atoms with Crippen molar-refractivity contribution in [2.45, 2.75) is 37.1 Å². The third kappa shape index (κ3) is 6.83. The molecule has 1 heterocycles. The van der Waals surface area contributed by atoms with Crippen LogP contribution in [0.25, 0.3) is 0 Å². The highest BCUT2D eigenvalue weighted by Crippen LogP contribution is 2.28. The molecule has 178 valence electrons. The summed E-state index contributed by atoms with van der Waals surface area (Å²) in [4.78, 5) is 24.4. The molecule has 1 aliphatic heterocycles. The fourth-order valence-corrected chi connectivity index (χ4v) is 5.87. The Morgan fingerprint density at radius 2 is 1.64 bits per heavy atom. The van der Waals surface area contributed by atoms with E-state index in [1.165, 1.54) is 22.5 Å². The van der Waals surface area contributed by atoms with Gasteiger partial charge in [-0.05, 0) is 48.7 Å². The number of benzene rings is 2. The summed E-state index contributed by atoms with van der Waals surface area (Å²) in [7, 11) is -3.86. The van der Waals surface area contributed by atoms with Gasteiger partial charge >= 0.3 is 5.97 Å². The molecule has 0 aromatic heterocycles. The van der Waals surface area contributed by atoms with Crippen LogP contribution in [0.3, 0.4) is 0 Å². The molecular weight excluding hydrogens is 511 g/mol. The fourth-order valence-electron chi connectivity index (χ4n) is 3.37. The summed E-state index contributed by atoms with van der Waals surface area (Å²) >= 11 is 18.1. The lowest BCUT2D eigenvalue weighted by Crippen LogP contribution is -2.32. The van der Waals surface area contributed by atoms with Gasteiger partial charge < -0.3 is 10.1 Å². The smallest absolute Gasteiger partial charge is 0.338 e. The maximum Gasteiger partial charge on any atom is 0.338 e. The SMILES string of the molecule is O=C(COC(=O)c1ccc(Cl)c(S(=O)(=O)N2CCCCCC2)c1)NCc1ccc(Cl)cc1Cl. The molecule has 0 radical (unpaired) electrons. The van der Waals surface area contributed by atoms with Crippen molar-refractivity contribution >= 4 is 56.7 Å². The number of nitrogens with zero attached hydrogens (tertiary/aromatic N) is 1. The van der Waals surface area contributed by atoms with Crippen molar-refractivity contribution in [3.63, 3.8) is 0 Å². The minimum atomic E-state index is -3.86. The van der Waals surface area contributed by atoms with Gasteiger partial charge in [0.2, 0.25) is 10.0 Å². The summed E-state index contributed by atoms with van der Waals surface area (Å²) < 4.78 is 32.6. The largest absolute Gasteiger partial charge is 0.452 e. The molecule has 11 heteroatoms. The van der Waals surface area contributed by atoms with Crippen molar-refractivity contribution in [2.24, 2.45) is 0 Å². The monoisotopic (exact) mass is 532 g/mol. The molecule has 1 N–H and O–H groups in total. The zero-order valence-electron chi connectivity index (χ0n) is 17.7. The molecule has 0 atom stereocenters. The third-order valence-corrected chi connectivity index (χ3v) is 8.14. The summed E-state index contributed by atoms with van der Waals surface area (Å²) in [5, 5.41) is 3.49. The van der Waals surface area contributed by atoms with E-state index in [0.29, 0.717) is 28.7 Å². The van der Waals surface area contributed by atoms with Gasteiger partial charge in [-0.1, -0.05) is 53.7 Å². The predicted molar refractivity (Wildman–Crippen MR) is 127 cm³/mol. The van der Waals surface area contributed by atoms with Crippen molar-refractivity contribution in [3.05, 3.63) is 62.6 Å². The van der Waals surface area contributed by atoms with Crippen molar-refractivity contribution in [1.29, 1.82) is 0 Å². The molecule has 1 aliphatic rings. The van der Waals surface area contributed by atoms with Crippen molar-refractivity contribution in [2.75, 3.05) is 19.7 Å². The van der Waals surface area contributed by atoms with Gasteiger partial charge in [0, 0.05) is 29.7 Å². The van der Waals surface area contributed by atoms with E-state index >= 15 is 0 Å². The van der Waals surface area contributed by atoms with Gasteiger partial charge in [0.25, 0.3) is 5.91 Å². The van der Waals surface area contributed by atoms with Crippen molar-refractivity contribution in [1.82, 2.24) is 9.62 Å². The zero-order valence-corrected chi connectivity index (χ0v) is 20.7. The van der Waals surface area contributed by atoms with E-state index < -0.39 is 28.5 Å². The van der Waals surface area contributed by atoms with E-state index in [9.17, 15) is 18.0 Å². The first-order valence-corrected chi connectivity index (χ1v) is 12.9. The molecular formula is C22H23Cl3N2O5S. The summed E-state index contributed by atoms with van der Waals surface area (Å²) in [6.07, 6.45) is 3.49. The van der Waals surface area contributed by atoms with E-state index in [0.717, 1.165) is 25.7 Å². The standard InChI is InChI=1S/C22H23Cl3N2O5S/c23-17-7-5-16(19(25)12-17)13-26-21(28)14-32-22(29)15-6-8-18(24)20(11-15)33(30,31)27-9-3-1-2-4-10-27/h5-8,11-12H,1-4,9-10,13-14H2,(H,26,28). The Labute approximate surface area is 208 Å². The molecule has 1 amide bonds. The van der Waals surface area contributed by atoms with Gasteiger partial charge in [-0.2, -0.15) is 4.31 Å². The molecule has 1 fully saturated rings. The van der Waals surface area contributed by atoms with Gasteiger partial charge in [0.15, 0.2) is 6.61 Å². The molecule has 3 rings (SSSR count). The van der Waals surface area contributed by atoms with Crippen molar-refractivity contribution < 1.29 is 22.7 Å². The second-order valence-corrected chi connectivity index (χ2v) is 10.7. The second-order valence-electron chi connectivity index (χ2n) is 7.55. The topological polar surface area (TPSA) is 92.8 Å². The van der Waals surface area contributed by atoms with Crippen LogP contribution < -0.4 is 5.32 Å². The highest BCUT2D eigenvalue weighted by atomic mass is 35.5. The Kier molecular flexibility index (Phi) is 9.01. The van der Waals surface area contributed by atoms with Gasteiger partial charge in [-0.3, -0.25) is 4.79 Å². The first kappa shape index (κ1) is 25.8. The average Bonchev–Trinajstić information content (AvgIpc) is 3.07. The minimum Gasteiger partial charge on any atom is -0.452 e. The first-order chi connectivity index (χ1) is 15.7. The lowest BCUT2D eigenvalue weighted by molar-refractivity contribution is -0.124. The molecule has 2 aromatic rings. The van der Waals surface area contributed by atoms with E-state index in [1.54, 1.807) is 18.2 Å². The Bertz CT molecular complexity index is 1130. The maximum atomic E-state index is 13.1. The zero-order chi connectivity index (χ0) is 24.0. The summed E-state index contributed by atoms with van der Waals surface area (Å²) in [5.41, 5.74) is 0.642. The number of carbonyl (C=O) groups is 2. The maximum absolute atomic E-state index is 13.1. The van der Waals surface area contributed by atoms with Gasteiger partial charge in [-0.25, -0.2) is 13.2 Å². The quantitative estimate of drug-likeness (QED) is 0.522. The second kappa shape index (κ2) is 11.5. The Hall–Kier alpha value is -1.84. The van der Waals surface area contributed by atoms with E-state index in [1.807, 2.05) is 0 Å². The van der Waals surface area contributed by atoms with Crippen LogP contribution in [0, 0.1) is 0 Å². The summed E-state index contributed by atoms with van der Waals surface area (Å²) in [6.45, 7) is 0.405. The van der Waals surface area contributed by atoms with Gasteiger partial charge in [-0.15, -0.1) is 0 Å².